The molecule has 1 N–H and O–H groups in total. The third kappa shape index (κ3) is 3.38. The van der Waals surface area contributed by atoms with E-state index in [1.807, 2.05) is 6.92 Å². The predicted octanol–water partition coefficient (Wildman–Crippen LogP) is 3.63. The molecule has 5 nitrogen and oxygen atoms in total. The zero-order valence-electron chi connectivity index (χ0n) is 17.3. The van der Waals surface area contributed by atoms with Crippen LogP contribution >= 0.6 is 0 Å². The van der Waals surface area contributed by atoms with Crippen molar-refractivity contribution in [3.8, 4) is 0 Å². The molecule has 0 aliphatic carbocycles. The summed E-state index contributed by atoms with van der Waals surface area (Å²) in [7, 11) is 0. The van der Waals surface area contributed by atoms with E-state index >= 15 is 0 Å². The molecular formula is C22H31F2N4O+. The molecule has 2 aromatic rings. The molecule has 2 aliphatic rings. The van der Waals surface area contributed by atoms with Crippen molar-refractivity contribution in [1.82, 2.24) is 14.8 Å². The van der Waals surface area contributed by atoms with Gasteiger partial charge >= 0.3 is 0 Å². The Morgan fingerprint density at radius 1 is 1.31 bits per heavy atom. The molecule has 0 amide bonds. The van der Waals surface area contributed by atoms with E-state index in [-0.39, 0.29) is 18.2 Å². The number of piperidine rings is 1. The summed E-state index contributed by atoms with van der Waals surface area (Å²) >= 11 is 0. The number of halogens is 2. The minimum Gasteiger partial charge on any atom is -0.377 e. The topological polar surface area (TPSA) is 50.9 Å². The molecule has 3 atom stereocenters. The molecule has 2 fully saturated rings. The van der Waals surface area contributed by atoms with Crippen LogP contribution in [-0.4, -0.2) is 49.5 Å². The molecular weight excluding hydrogens is 374 g/mol. The lowest BCUT2D eigenvalue weighted by atomic mass is 9.83. The number of hydrogen-bond donors (Lipinski definition) is 1. The summed E-state index contributed by atoms with van der Waals surface area (Å²) in [6, 6.07) is 3.72. The van der Waals surface area contributed by atoms with Crippen molar-refractivity contribution in [3.05, 3.63) is 48.1 Å². The Balaban J connectivity index is 1.76. The second-order valence-corrected chi connectivity index (χ2v) is 8.91. The third-order valence-corrected chi connectivity index (χ3v) is 7.62. The van der Waals surface area contributed by atoms with Gasteiger partial charge in [0.2, 0.25) is 0 Å². The molecule has 0 saturated carbocycles. The van der Waals surface area contributed by atoms with E-state index in [4.69, 9.17) is 0 Å². The molecule has 3 heterocycles. The van der Waals surface area contributed by atoms with Gasteiger partial charge in [-0.3, -0.25) is 0 Å². The zero-order valence-corrected chi connectivity index (χ0v) is 17.3. The summed E-state index contributed by atoms with van der Waals surface area (Å²) in [5, 5.41) is 16.2. The van der Waals surface area contributed by atoms with Gasteiger partial charge in [-0.2, -0.15) is 5.10 Å². The van der Waals surface area contributed by atoms with E-state index in [2.05, 4.69) is 17.0 Å². The van der Waals surface area contributed by atoms with Gasteiger partial charge in [-0.1, -0.05) is 13.3 Å². The number of hydrogen-bond acceptors (Lipinski definition) is 3. The van der Waals surface area contributed by atoms with E-state index in [1.165, 1.54) is 31.2 Å². The highest BCUT2D eigenvalue weighted by Crippen LogP contribution is 2.50. The average molecular weight is 406 g/mol. The largest absolute Gasteiger partial charge is 0.377 e. The quantitative estimate of drug-likeness (QED) is 0.683. The summed E-state index contributed by atoms with van der Waals surface area (Å²) < 4.78 is 30.9. The first kappa shape index (κ1) is 20.4. The van der Waals surface area contributed by atoms with Crippen LogP contribution < -0.4 is 0 Å². The maximum absolute atomic E-state index is 14.9. The summed E-state index contributed by atoms with van der Waals surface area (Å²) in [5.74, 6) is -0.673. The third-order valence-electron chi connectivity index (χ3n) is 7.62. The summed E-state index contributed by atoms with van der Waals surface area (Å²) in [6.07, 6.45) is 8.70. The van der Waals surface area contributed by atoms with Crippen LogP contribution in [0, 0.1) is 17.6 Å². The molecule has 1 unspecified atom stereocenters. The lowest BCUT2D eigenvalue weighted by Crippen LogP contribution is -2.64. The fourth-order valence-electron chi connectivity index (χ4n) is 6.05. The Morgan fingerprint density at radius 2 is 2.07 bits per heavy atom. The van der Waals surface area contributed by atoms with Crippen molar-refractivity contribution < 1.29 is 18.4 Å². The maximum atomic E-state index is 14.9. The van der Waals surface area contributed by atoms with E-state index in [0.717, 1.165) is 49.3 Å². The van der Waals surface area contributed by atoms with Crippen LogP contribution in [0.15, 0.2) is 30.9 Å². The first-order valence-corrected chi connectivity index (χ1v) is 10.8. The van der Waals surface area contributed by atoms with Gasteiger partial charge in [-0.05, 0) is 31.9 Å². The molecule has 29 heavy (non-hydrogen) atoms. The van der Waals surface area contributed by atoms with E-state index in [9.17, 15) is 13.9 Å². The number of quaternary nitrogens is 1. The molecule has 0 radical (unpaired) electrons. The van der Waals surface area contributed by atoms with Crippen molar-refractivity contribution in [1.29, 1.82) is 0 Å². The van der Waals surface area contributed by atoms with Gasteiger partial charge in [-0.15, -0.1) is 0 Å². The predicted molar refractivity (Wildman–Crippen MR) is 106 cm³/mol. The molecule has 0 spiro atoms. The minimum atomic E-state index is -1.52. The van der Waals surface area contributed by atoms with Crippen LogP contribution in [0.25, 0.3) is 0 Å². The highest BCUT2D eigenvalue weighted by atomic mass is 19.1. The number of fused-ring (bicyclic) bond motifs is 2. The number of aliphatic hydroxyl groups is 1. The summed E-state index contributed by atoms with van der Waals surface area (Å²) in [5.41, 5.74) is -1.38. The van der Waals surface area contributed by atoms with E-state index in [1.54, 1.807) is 4.68 Å². The highest BCUT2D eigenvalue weighted by molar-refractivity contribution is 5.26. The minimum absolute atomic E-state index is 0.0852. The lowest BCUT2D eigenvalue weighted by molar-refractivity contribution is -0.960. The van der Waals surface area contributed by atoms with Gasteiger partial charge in [0.1, 0.15) is 30.3 Å². The number of unbranched alkanes of at least 4 members (excludes halogenated alkanes) is 1. The fraction of sp³-hybridized carbons (Fsp3) is 0.636. The zero-order chi connectivity index (χ0) is 20.6. The molecule has 2 saturated heterocycles. The Kier molecular flexibility index (Phi) is 5.46. The van der Waals surface area contributed by atoms with E-state index < -0.39 is 17.2 Å². The molecule has 2 bridgehead atoms. The first-order valence-electron chi connectivity index (χ1n) is 10.8. The van der Waals surface area contributed by atoms with Crippen LogP contribution in [0.5, 0.6) is 0 Å². The second kappa shape index (κ2) is 7.76. The molecule has 1 aromatic carbocycles. The van der Waals surface area contributed by atoms with Crippen LogP contribution in [-0.2, 0) is 12.1 Å². The molecule has 2 aliphatic heterocycles. The van der Waals surface area contributed by atoms with Crippen molar-refractivity contribution in [2.24, 2.45) is 5.92 Å². The van der Waals surface area contributed by atoms with Crippen LogP contribution in [0.1, 0.15) is 51.5 Å². The van der Waals surface area contributed by atoms with Crippen LogP contribution in [0.3, 0.4) is 0 Å². The Bertz CT molecular complexity index is 835. The number of benzene rings is 1. The SMILES string of the molecule is CCCCC1C2CC[N+]1([C@H](C)[C@](O)(Cn1cncn1)c1ccc(F)cc1F)CC2. The monoisotopic (exact) mass is 405 g/mol. The Labute approximate surface area is 171 Å². The van der Waals surface area contributed by atoms with Crippen molar-refractivity contribution >= 4 is 0 Å². The Morgan fingerprint density at radius 3 is 2.69 bits per heavy atom. The maximum Gasteiger partial charge on any atom is 0.163 e. The van der Waals surface area contributed by atoms with Crippen LogP contribution in [0.2, 0.25) is 0 Å². The standard InChI is InChI=1S/C22H31F2N4O/c1-3-4-5-21-17-8-10-28(21,11-9-17)16(2)22(29,13-27-15-25-14-26-27)19-7-6-18(23)12-20(19)24/h6-7,12,14-17,21,29H,3-5,8-11,13H2,1-2H3/q+1/t16-,17?,21?,22-,28?/m1/s1. The number of aromatic nitrogens is 3. The van der Waals surface area contributed by atoms with Crippen molar-refractivity contribution in [3.63, 3.8) is 0 Å². The van der Waals surface area contributed by atoms with Crippen molar-refractivity contribution in [2.75, 3.05) is 13.1 Å². The fourth-order valence-corrected chi connectivity index (χ4v) is 6.05. The second-order valence-electron chi connectivity index (χ2n) is 8.91. The highest BCUT2D eigenvalue weighted by Gasteiger charge is 2.61. The number of rotatable bonds is 8. The lowest BCUT2D eigenvalue weighted by Gasteiger charge is -2.49. The summed E-state index contributed by atoms with van der Waals surface area (Å²) in [6.45, 7) is 6.33. The van der Waals surface area contributed by atoms with Gasteiger partial charge in [0.25, 0.3) is 0 Å². The molecule has 7 heteroatoms. The van der Waals surface area contributed by atoms with Gasteiger partial charge in [0.05, 0.1) is 25.7 Å². The average Bonchev–Trinajstić information content (AvgIpc) is 3.41. The van der Waals surface area contributed by atoms with Gasteiger partial charge in [0.15, 0.2) is 5.60 Å². The normalized spacial score (nSPS) is 29.1. The van der Waals surface area contributed by atoms with Crippen LogP contribution in [0.4, 0.5) is 8.78 Å². The van der Waals surface area contributed by atoms with E-state index in [0.29, 0.717) is 12.0 Å². The van der Waals surface area contributed by atoms with Gasteiger partial charge < -0.3 is 9.59 Å². The number of nitrogens with zero attached hydrogens (tertiary/aromatic N) is 4. The smallest absolute Gasteiger partial charge is 0.163 e. The van der Waals surface area contributed by atoms with Crippen molar-refractivity contribution in [2.45, 2.75) is 70.2 Å². The molecule has 1 aromatic heterocycles. The van der Waals surface area contributed by atoms with Gasteiger partial charge in [-0.25, -0.2) is 18.4 Å². The van der Waals surface area contributed by atoms with Gasteiger partial charge in [0, 0.05) is 30.4 Å². The summed E-state index contributed by atoms with van der Waals surface area (Å²) in [4.78, 5) is 3.98. The first-order chi connectivity index (χ1) is 13.9. The Hall–Kier alpha value is -1.86. The molecule has 158 valence electrons. The molecule has 4 rings (SSSR count).